The van der Waals surface area contributed by atoms with Gasteiger partial charge in [0.25, 0.3) is 0 Å². The number of hydrogen-bond acceptors (Lipinski definition) is 1. The first kappa shape index (κ1) is 33.2. The van der Waals surface area contributed by atoms with E-state index in [1.807, 2.05) is 0 Å². The van der Waals surface area contributed by atoms with Crippen molar-refractivity contribution >= 4 is 38.9 Å². The second-order valence-corrected chi connectivity index (χ2v) is 14.2. The van der Waals surface area contributed by atoms with Crippen LogP contribution in [0.5, 0.6) is 0 Å². The van der Waals surface area contributed by atoms with Crippen molar-refractivity contribution in [3.05, 3.63) is 231 Å². The molecule has 0 atom stereocenters. The highest BCUT2D eigenvalue weighted by atomic mass is 15.1. The molecule has 0 spiro atoms. The Labute approximate surface area is 327 Å². The Morgan fingerprint density at radius 1 is 0.250 bits per heavy atom. The highest BCUT2D eigenvalue weighted by Crippen LogP contribution is 2.39. The molecule has 0 radical (unpaired) electrons. The van der Waals surface area contributed by atoms with E-state index in [1.165, 1.54) is 72.0 Å². The van der Waals surface area contributed by atoms with E-state index in [2.05, 4.69) is 240 Å². The summed E-state index contributed by atoms with van der Waals surface area (Å²) in [5.41, 5.74) is 16.5. The van der Waals surface area contributed by atoms with Crippen LogP contribution in [0.4, 0.5) is 17.1 Å². The Bertz CT molecular complexity index is 2850. The van der Waals surface area contributed by atoms with Gasteiger partial charge in [0.15, 0.2) is 0 Å². The van der Waals surface area contributed by atoms with Gasteiger partial charge in [0, 0.05) is 33.4 Å². The molecule has 0 fully saturated rings. The van der Waals surface area contributed by atoms with E-state index in [1.54, 1.807) is 0 Å². The molecule has 0 aliphatic heterocycles. The molecule has 9 aromatic carbocycles. The summed E-state index contributed by atoms with van der Waals surface area (Å²) in [6.45, 7) is 0. The maximum Gasteiger partial charge on any atom is 0.0541 e. The molecule has 0 aliphatic rings. The molecule has 56 heavy (non-hydrogen) atoms. The SMILES string of the molecule is c1ccc(-c2ccc(-c3ccc(N(c4ccccc4)c4ccc(-c5ccc(-c6ccccc6-n6c7ccccc7c7ccccc76)cc5)cc4)cc3)cc2)cc1. The molecule has 2 nitrogen and oxygen atoms in total. The first-order valence-electron chi connectivity index (χ1n) is 19.2. The van der Waals surface area contributed by atoms with E-state index in [0.717, 1.165) is 17.1 Å². The van der Waals surface area contributed by atoms with Crippen LogP contribution >= 0.6 is 0 Å². The lowest BCUT2D eigenvalue weighted by atomic mass is 9.98. The van der Waals surface area contributed by atoms with Crippen LogP contribution in [-0.4, -0.2) is 4.57 Å². The summed E-state index contributed by atoms with van der Waals surface area (Å²) in [7, 11) is 0. The maximum atomic E-state index is 2.40. The molecule has 0 amide bonds. The molecule has 1 aromatic heterocycles. The van der Waals surface area contributed by atoms with Gasteiger partial charge in [0.05, 0.1) is 16.7 Å². The van der Waals surface area contributed by atoms with Gasteiger partial charge in [-0.25, -0.2) is 0 Å². The van der Waals surface area contributed by atoms with Crippen LogP contribution in [0, 0.1) is 0 Å². The van der Waals surface area contributed by atoms with Crippen LogP contribution in [0.15, 0.2) is 231 Å². The molecule has 0 unspecified atom stereocenters. The Hall–Kier alpha value is -7.42. The first-order valence-corrected chi connectivity index (χ1v) is 19.2. The van der Waals surface area contributed by atoms with E-state index in [-0.39, 0.29) is 0 Å². The fourth-order valence-corrected chi connectivity index (χ4v) is 8.05. The Morgan fingerprint density at radius 3 is 1.09 bits per heavy atom. The number of anilines is 3. The highest BCUT2D eigenvalue weighted by Gasteiger charge is 2.16. The topological polar surface area (TPSA) is 8.17 Å². The van der Waals surface area contributed by atoms with Gasteiger partial charge in [-0.05, 0) is 93.5 Å². The van der Waals surface area contributed by atoms with Crippen LogP contribution in [0.1, 0.15) is 0 Å². The van der Waals surface area contributed by atoms with Gasteiger partial charge in [0.1, 0.15) is 0 Å². The fraction of sp³-hybridized carbons (Fsp3) is 0. The molecule has 0 aliphatic carbocycles. The molecule has 10 aromatic rings. The molecule has 2 heteroatoms. The van der Waals surface area contributed by atoms with Gasteiger partial charge in [-0.3, -0.25) is 0 Å². The lowest BCUT2D eigenvalue weighted by molar-refractivity contribution is 1.18. The van der Waals surface area contributed by atoms with Crippen LogP contribution in [0.25, 0.3) is 72.0 Å². The summed E-state index contributed by atoms with van der Waals surface area (Å²) in [5.74, 6) is 0. The second kappa shape index (κ2) is 14.4. The van der Waals surface area contributed by atoms with Gasteiger partial charge >= 0.3 is 0 Å². The van der Waals surface area contributed by atoms with Crippen molar-refractivity contribution in [2.24, 2.45) is 0 Å². The second-order valence-electron chi connectivity index (χ2n) is 14.2. The minimum atomic E-state index is 1.11. The number of fused-ring (bicyclic) bond motifs is 3. The van der Waals surface area contributed by atoms with Crippen LogP contribution in [0.2, 0.25) is 0 Å². The van der Waals surface area contributed by atoms with E-state index in [4.69, 9.17) is 0 Å². The largest absolute Gasteiger partial charge is 0.311 e. The zero-order valence-corrected chi connectivity index (χ0v) is 30.8. The highest BCUT2D eigenvalue weighted by molar-refractivity contribution is 6.09. The van der Waals surface area contributed by atoms with Gasteiger partial charge in [-0.15, -0.1) is 0 Å². The molecule has 0 saturated carbocycles. The number of nitrogens with zero attached hydrogens (tertiary/aromatic N) is 2. The van der Waals surface area contributed by atoms with E-state index < -0.39 is 0 Å². The molecule has 264 valence electrons. The summed E-state index contributed by atoms with van der Waals surface area (Å²) in [5, 5.41) is 2.54. The third-order valence-corrected chi connectivity index (χ3v) is 10.8. The lowest BCUT2D eigenvalue weighted by Gasteiger charge is -2.26. The Balaban J connectivity index is 0.935. The van der Waals surface area contributed by atoms with Crippen molar-refractivity contribution in [1.29, 1.82) is 0 Å². The van der Waals surface area contributed by atoms with Crippen LogP contribution in [0.3, 0.4) is 0 Å². The van der Waals surface area contributed by atoms with Crippen molar-refractivity contribution in [3.8, 4) is 50.2 Å². The minimum absolute atomic E-state index is 1.11. The quantitative estimate of drug-likeness (QED) is 0.152. The van der Waals surface area contributed by atoms with Gasteiger partial charge < -0.3 is 9.47 Å². The predicted molar refractivity (Wildman–Crippen MR) is 237 cm³/mol. The summed E-state index contributed by atoms with van der Waals surface area (Å²) in [4.78, 5) is 2.32. The van der Waals surface area contributed by atoms with Crippen LogP contribution < -0.4 is 4.90 Å². The average Bonchev–Trinajstić information content (AvgIpc) is 3.62. The molecule has 0 saturated heterocycles. The third-order valence-electron chi connectivity index (χ3n) is 10.8. The van der Waals surface area contributed by atoms with Crippen molar-refractivity contribution in [2.45, 2.75) is 0 Å². The molecule has 1 heterocycles. The monoisotopic (exact) mass is 714 g/mol. The van der Waals surface area contributed by atoms with Gasteiger partial charge in [-0.2, -0.15) is 0 Å². The number of rotatable bonds is 8. The Kier molecular flexibility index (Phi) is 8.55. The van der Waals surface area contributed by atoms with E-state index in [9.17, 15) is 0 Å². The normalized spacial score (nSPS) is 11.2. The van der Waals surface area contributed by atoms with Gasteiger partial charge in [-0.1, -0.05) is 176 Å². The summed E-state index contributed by atoms with van der Waals surface area (Å²) >= 11 is 0. The third kappa shape index (κ3) is 6.14. The minimum Gasteiger partial charge on any atom is -0.311 e. The van der Waals surface area contributed by atoms with Crippen molar-refractivity contribution in [1.82, 2.24) is 4.57 Å². The van der Waals surface area contributed by atoms with E-state index in [0.29, 0.717) is 0 Å². The molecular weight excluding hydrogens is 677 g/mol. The predicted octanol–water partition coefficient (Wildman–Crippen LogP) is 14.9. The molecular formula is C54H38N2. The zero-order chi connectivity index (χ0) is 37.3. The number of hydrogen-bond donors (Lipinski definition) is 0. The fourth-order valence-electron chi connectivity index (χ4n) is 8.05. The average molecular weight is 715 g/mol. The standard InChI is InChI=1S/C54H38N2/c1-3-13-39(14-4-1)40-23-25-41(26-24-40)43-31-35-47(36-32-43)55(46-15-5-2-6-16-46)48-37-33-44(34-38-48)42-27-29-45(30-28-42)49-17-7-10-20-52(49)56-53-21-11-8-18-50(53)51-19-9-12-22-54(51)56/h1-38H. The Morgan fingerprint density at radius 2 is 0.589 bits per heavy atom. The molecule has 0 bridgehead atoms. The smallest absolute Gasteiger partial charge is 0.0541 e. The number of aromatic nitrogens is 1. The number of para-hydroxylation sites is 4. The first-order chi connectivity index (χ1) is 27.8. The summed E-state index contributed by atoms with van der Waals surface area (Å²) in [6.07, 6.45) is 0. The van der Waals surface area contributed by atoms with Crippen molar-refractivity contribution in [2.75, 3.05) is 4.90 Å². The number of benzene rings is 9. The van der Waals surface area contributed by atoms with Crippen molar-refractivity contribution in [3.63, 3.8) is 0 Å². The zero-order valence-electron chi connectivity index (χ0n) is 30.8. The summed E-state index contributed by atoms with van der Waals surface area (Å²) < 4.78 is 2.40. The van der Waals surface area contributed by atoms with E-state index >= 15 is 0 Å². The molecule has 10 rings (SSSR count). The summed E-state index contributed by atoms with van der Waals surface area (Å²) in [6, 6.07) is 82.9. The van der Waals surface area contributed by atoms with Crippen LogP contribution in [-0.2, 0) is 0 Å². The maximum absolute atomic E-state index is 2.40. The lowest BCUT2D eigenvalue weighted by Crippen LogP contribution is -2.09. The van der Waals surface area contributed by atoms with Gasteiger partial charge in [0.2, 0.25) is 0 Å². The molecule has 0 N–H and O–H groups in total. The van der Waals surface area contributed by atoms with Crippen molar-refractivity contribution < 1.29 is 0 Å².